The van der Waals surface area contributed by atoms with Crippen molar-refractivity contribution in [3.05, 3.63) is 22.2 Å². The topological polar surface area (TPSA) is 75.4 Å². The number of benzene rings is 1. The molecular formula is C13H17Cl2N3O2S. The summed E-state index contributed by atoms with van der Waals surface area (Å²) in [5.74, 6) is 1.20. The highest BCUT2D eigenvalue weighted by atomic mass is 35.5. The molecule has 5 nitrogen and oxygen atoms in total. The lowest BCUT2D eigenvalue weighted by Gasteiger charge is -2.25. The molecule has 1 aromatic carbocycles. The summed E-state index contributed by atoms with van der Waals surface area (Å²) in [6, 6.07) is 3.08. The van der Waals surface area contributed by atoms with Gasteiger partial charge in [0.05, 0.1) is 16.4 Å². The summed E-state index contributed by atoms with van der Waals surface area (Å²) in [7, 11) is -0.704. The molecule has 1 aliphatic heterocycles. The van der Waals surface area contributed by atoms with Crippen molar-refractivity contribution in [3.63, 3.8) is 0 Å². The number of halogens is 2. The van der Waals surface area contributed by atoms with Gasteiger partial charge in [0.1, 0.15) is 0 Å². The lowest BCUT2D eigenvalue weighted by atomic mass is 10.2. The van der Waals surface area contributed by atoms with Gasteiger partial charge in [0.15, 0.2) is 0 Å². The van der Waals surface area contributed by atoms with Crippen LogP contribution in [0.5, 0.6) is 0 Å². The quantitative estimate of drug-likeness (QED) is 0.814. The molecule has 2 rings (SSSR count). The van der Waals surface area contributed by atoms with Crippen molar-refractivity contribution in [1.82, 2.24) is 4.90 Å². The lowest BCUT2D eigenvalue weighted by Crippen LogP contribution is -2.39. The summed E-state index contributed by atoms with van der Waals surface area (Å²) in [6.45, 7) is 2.17. The minimum atomic E-state index is -0.704. The van der Waals surface area contributed by atoms with E-state index in [1.807, 2.05) is 0 Å². The first kappa shape index (κ1) is 16.5. The fraction of sp³-hybridized carbons (Fsp3) is 0.462. The predicted octanol–water partition coefficient (Wildman–Crippen LogP) is 1.97. The Morgan fingerprint density at radius 3 is 2.62 bits per heavy atom. The van der Waals surface area contributed by atoms with Gasteiger partial charge in [-0.15, -0.1) is 0 Å². The highest BCUT2D eigenvalue weighted by Crippen LogP contribution is 2.32. The average Bonchev–Trinajstić information content (AvgIpc) is 2.42. The second-order valence-electron chi connectivity index (χ2n) is 4.84. The fourth-order valence-electron chi connectivity index (χ4n) is 2.09. The number of nitrogens with two attached hydrogens (primary N) is 1. The fourth-order valence-corrected chi connectivity index (χ4v) is 3.77. The number of rotatable bonds is 4. The van der Waals surface area contributed by atoms with E-state index >= 15 is 0 Å². The first-order valence-corrected chi connectivity index (χ1v) is 8.82. The van der Waals surface area contributed by atoms with Crippen molar-refractivity contribution < 1.29 is 9.00 Å². The molecule has 0 unspecified atom stereocenters. The molecule has 3 N–H and O–H groups in total. The molecule has 0 spiro atoms. The van der Waals surface area contributed by atoms with Crippen LogP contribution in [-0.2, 0) is 15.6 Å². The first-order valence-electron chi connectivity index (χ1n) is 6.57. The summed E-state index contributed by atoms with van der Waals surface area (Å²) in [5, 5.41) is 3.46. The summed E-state index contributed by atoms with van der Waals surface area (Å²) in [5.41, 5.74) is 6.53. The Hall–Kier alpha value is -0.820. The Balaban J connectivity index is 1.86. The van der Waals surface area contributed by atoms with Crippen LogP contribution in [0.15, 0.2) is 12.1 Å². The van der Waals surface area contributed by atoms with Gasteiger partial charge in [-0.3, -0.25) is 9.00 Å². The van der Waals surface area contributed by atoms with Crippen molar-refractivity contribution in [2.24, 2.45) is 0 Å². The molecule has 1 saturated heterocycles. The van der Waals surface area contributed by atoms with Crippen molar-refractivity contribution >= 4 is 51.3 Å². The van der Waals surface area contributed by atoms with Crippen LogP contribution in [0.3, 0.4) is 0 Å². The molecule has 0 saturated carbocycles. The third-order valence-corrected chi connectivity index (χ3v) is 5.07. The Morgan fingerprint density at radius 2 is 2.00 bits per heavy atom. The average molecular weight is 350 g/mol. The Morgan fingerprint density at radius 1 is 1.33 bits per heavy atom. The molecule has 0 bridgehead atoms. The normalized spacial score (nSPS) is 16.9. The molecule has 0 radical (unpaired) electrons. The van der Waals surface area contributed by atoms with Gasteiger partial charge in [0.25, 0.3) is 0 Å². The maximum atomic E-state index is 12.0. The summed E-state index contributed by atoms with van der Waals surface area (Å²) < 4.78 is 11.3. The molecule has 1 fully saturated rings. The molecule has 0 aromatic heterocycles. The maximum absolute atomic E-state index is 12.0. The summed E-state index contributed by atoms with van der Waals surface area (Å²) in [4.78, 5) is 14.1. The Labute approximate surface area is 136 Å². The van der Waals surface area contributed by atoms with Gasteiger partial charge in [-0.1, -0.05) is 23.2 Å². The molecule has 0 aliphatic carbocycles. The number of nitrogens with zero attached hydrogens (tertiary/aromatic N) is 1. The molecule has 1 aromatic rings. The number of hydrogen-bond donors (Lipinski definition) is 2. The van der Waals surface area contributed by atoms with Crippen LogP contribution < -0.4 is 11.1 Å². The van der Waals surface area contributed by atoms with Crippen molar-refractivity contribution in [2.75, 3.05) is 42.2 Å². The number of carbonyl (C=O) groups excluding carboxylic acids is 1. The molecular weight excluding hydrogens is 333 g/mol. The van der Waals surface area contributed by atoms with E-state index in [4.69, 9.17) is 28.9 Å². The van der Waals surface area contributed by atoms with E-state index in [0.29, 0.717) is 45.9 Å². The van der Waals surface area contributed by atoms with Crippen LogP contribution in [0.25, 0.3) is 0 Å². The maximum Gasteiger partial charge on any atom is 0.225 e. The molecule has 1 amide bonds. The zero-order valence-electron chi connectivity index (χ0n) is 11.4. The summed E-state index contributed by atoms with van der Waals surface area (Å²) >= 11 is 11.8. The molecule has 8 heteroatoms. The summed E-state index contributed by atoms with van der Waals surface area (Å²) in [6.07, 6.45) is 0.338. The van der Waals surface area contributed by atoms with Gasteiger partial charge in [-0.25, -0.2) is 0 Å². The Kier molecular flexibility index (Phi) is 5.87. The van der Waals surface area contributed by atoms with Gasteiger partial charge in [0.2, 0.25) is 5.91 Å². The third-order valence-electron chi connectivity index (χ3n) is 3.28. The van der Waals surface area contributed by atoms with E-state index in [-0.39, 0.29) is 5.91 Å². The minimum Gasteiger partial charge on any atom is -0.397 e. The van der Waals surface area contributed by atoms with Crippen LogP contribution >= 0.6 is 23.2 Å². The van der Waals surface area contributed by atoms with Crippen LogP contribution in [0.1, 0.15) is 6.42 Å². The lowest BCUT2D eigenvalue weighted by molar-refractivity contribution is -0.116. The van der Waals surface area contributed by atoms with E-state index in [0.717, 1.165) is 13.1 Å². The number of hydrogen-bond acceptors (Lipinski definition) is 4. The van der Waals surface area contributed by atoms with E-state index in [1.54, 1.807) is 6.07 Å². The first-order chi connectivity index (χ1) is 9.95. The predicted molar refractivity (Wildman–Crippen MR) is 88.4 cm³/mol. The molecule has 116 valence electrons. The monoisotopic (exact) mass is 349 g/mol. The standard InChI is InChI=1S/C13H17Cl2N3O2S/c14-9-7-10(15)13(11(16)8-9)17-12(19)1-2-18-3-5-21(20)6-4-18/h7-8H,1-6,16H2,(H,17,19). The van der Waals surface area contributed by atoms with Gasteiger partial charge < -0.3 is 16.0 Å². The number of carbonyl (C=O) groups is 1. The Bertz CT molecular complexity index is 535. The smallest absolute Gasteiger partial charge is 0.225 e. The molecule has 1 aliphatic rings. The third kappa shape index (κ3) is 4.85. The van der Waals surface area contributed by atoms with Gasteiger partial charge in [-0.05, 0) is 12.1 Å². The zero-order chi connectivity index (χ0) is 15.4. The van der Waals surface area contributed by atoms with Crippen LogP contribution in [-0.4, -0.2) is 46.2 Å². The van der Waals surface area contributed by atoms with Crippen molar-refractivity contribution in [2.45, 2.75) is 6.42 Å². The van der Waals surface area contributed by atoms with Gasteiger partial charge >= 0.3 is 0 Å². The highest BCUT2D eigenvalue weighted by Gasteiger charge is 2.16. The number of anilines is 2. The van der Waals surface area contributed by atoms with E-state index in [2.05, 4.69) is 10.2 Å². The molecule has 1 heterocycles. The molecule has 21 heavy (non-hydrogen) atoms. The SMILES string of the molecule is Nc1cc(Cl)cc(Cl)c1NC(=O)CCN1CCS(=O)CC1. The number of amides is 1. The number of nitrogens with one attached hydrogen (secondary N) is 1. The van der Waals surface area contributed by atoms with Crippen LogP contribution in [0, 0.1) is 0 Å². The highest BCUT2D eigenvalue weighted by molar-refractivity contribution is 7.85. The second kappa shape index (κ2) is 7.45. The van der Waals surface area contributed by atoms with Gasteiger partial charge in [-0.2, -0.15) is 0 Å². The molecule has 0 atom stereocenters. The minimum absolute atomic E-state index is 0.155. The zero-order valence-corrected chi connectivity index (χ0v) is 13.7. The largest absolute Gasteiger partial charge is 0.397 e. The van der Waals surface area contributed by atoms with E-state index in [9.17, 15) is 9.00 Å². The van der Waals surface area contributed by atoms with E-state index in [1.165, 1.54) is 6.07 Å². The van der Waals surface area contributed by atoms with Crippen LogP contribution in [0.4, 0.5) is 11.4 Å². The van der Waals surface area contributed by atoms with Crippen molar-refractivity contribution in [3.8, 4) is 0 Å². The van der Waals surface area contributed by atoms with Gasteiger partial charge in [0, 0.05) is 53.4 Å². The number of nitrogen functional groups attached to an aromatic ring is 1. The second-order valence-corrected chi connectivity index (χ2v) is 7.38. The van der Waals surface area contributed by atoms with E-state index < -0.39 is 10.8 Å². The van der Waals surface area contributed by atoms with Crippen LogP contribution in [0.2, 0.25) is 10.0 Å². The van der Waals surface area contributed by atoms with Crippen molar-refractivity contribution in [1.29, 1.82) is 0 Å².